The Hall–Kier alpha value is -0.380. The molecule has 0 aromatic rings. The average Bonchev–Trinajstić information content (AvgIpc) is 2.62. The Morgan fingerprint density at radius 2 is 2.25 bits per heavy atom. The summed E-state index contributed by atoms with van der Waals surface area (Å²) in [7, 11) is 0. The van der Waals surface area contributed by atoms with Crippen LogP contribution in [0.5, 0.6) is 0 Å². The summed E-state index contributed by atoms with van der Waals surface area (Å²) in [5.74, 6) is 0. The van der Waals surface area contributed by atoms with Crippen LogP contribution in [-0.4, -0.2) is 46.5 Å². The van der Waals surface area contributed by atoms with Crippen molar-refractivity contribution in [1.29, 1.82) is 0 Å². The van der Waals surface area contributed by atoms with Crippen LogP contribution in [0.25, 0.3) is 0 Å². The molecular weight excluding hydrogens is 202 g/mol. The molecule has 0 bridgehead atoms. The fraction of sp³-hybridized carbons (Fsp3) is 0.846. The number of likely N-dealkylation sites (tertiary alicyclic amines) is 1. The Kier molecular flexibility index (Phi) is 6.03. The zero-order valence-corrected chi connectivity index (χ0v) is 10.3. The van der Waals surface area contributed by atoms with E-state index in [1.54, 1.807) is 0 Å². The second kappa shape index (κ2) is 7.05. The molecule has 3 unspecified atom stereocenters. The Morgan fingerprint density at radius 3 is 2.88 bits per heavy atom. The molecule has 3 heteroatoms. The van der Waals surface area contributed by atoms with Gasteiger partial charge in [0.05, 0.1) is 12.2 Å². The van der Waals surface area contributed by atoms with Gasteiger partial charge in [-0.05, 0) is 45.6 Å². The van der Waals surface area contributed by atoms with Crippen molar-refractivity contribution in [2.24, 2.45) is 0 Å². The van der Waals surface area contributed by atoms with Crippen LogP contribution < -0.4 is 0 Å². The second-order valence-corrected chi connectivity index (χ2v) is 4.90. The second-order valence-electron chi connectivity index (χ2n) is 4.90. The monoisotopic (exact) mass is 227 g/mol. The molecule has 0 aromatic carbocycles. The van der Waals surface area contributed by atoms with Crippen LogP contribution in [0.15, 0.2) is 12.7 Å². The van der Waals surface area contributed by atoms with E-state index in [9.17, 15) is 10.2 Å². The zero-order chi connectivity index (χ0) is 12.0. The highest BCUT2D eigenvalue weighted by Gasteiger charge is 2.26. The third-order valence-electron chi connectivity index (χ3n) is 3.26. The SMILES string of the molecule is C=CCCC(O)CN1CCCC1CC(C)O. The molecule has 16 heavy (non-hydrogen) atoms. The summed E-state index contributed by atoms with van der Waals surface area (Å²) in [6, 6.07) is 0.457. The lowest BCUT2D eigenvalue weighted by atomic mass is 10.1. The van der Waals surface area contributed by atoms with Gasteiger partial charge in [-0.25, -0.2) is 0 Å². The first-order valence-electron chi connectivity index (χ1n) is 6.34. The molecule has 1 fully saturated rings. The van der Waals surface area contributed by atoms with Crippen LogP contribution >= 0.6 is 0 Å². The normalized spacial score (nSPS) is 25.6. The van der Waals surface area contributed by atoms with E-state index < -0.39 is 0 Å². The van der Waals surface area contributed by atoms with E-state index in [0.29, 0.717) is 6.04 Å². The van der Waals surface area contributed by atoms with E-state index in [1.807, 2.05) is 13.0 Å². The average molecular weight is 227 g/mol. The maximum absolute atomic E-state index is 9.84. The minimum absolute atomic E-state index is 0.240. The predicted molar refractivity (Wildman–Crippen MR) is 66.3 cm³/mol. The van der Waals surface area contributed by atoms with Gasteiger partial charge in [-0.2, -0.15) is 0 Å². The molecule has 2 N–H and O–H groups in total. The van der Waals surface area contributed by atoms with Crippen molar-refractivity contribution < 1.29 is 10.2 Å². The van der Waals surface area contributed by atoms with Crippen molar-refractivity contribution in [1.82, 2.24) is 4.90 Å². The molecule has 94 valence electrons. The first kappa shape index (κ1) is 13.7. The minimum atomic E-state index is -0.257. The van der Waals surface area contributed by atoms with Crippen molar-refractivity contribution in [2.75, 3.05) is 13.1 Å². The third kappa shape index (κ3) is 4.64. The summed E-state index contributed by atoms with van der Waals surface area (Å²) in [6.07, 6.45) is 6.18. The standard InChI is InChI=1S/C13H25NO2/c1-3-4-7-13(16)10-14-8-5-6-12(14)9-11(2)15/h3,11-13,15-16H,1,4-10H2,2H3. The van der Waals surface area contributed by atoms with Crippen LogP contribution in [0, 0.1) is 0 Å². The highest BCUT2D eigenvalue weighted by atomic mass is 16.3. The molecule has 0 aromatic heterocycles. The summed E-state index contributed by atoms with van der Waals surface area (Å²) < 4.78 is 0. The van der Waals surface area contributed by atoms with Crippen LogP contribution in [0.1, 0.15) is 39.0 Å². The third-order valence-corrected chi connectivity index (χ3v) is 3.26. The van der Waals surface area contributed by atoms with Gasteiger partial charge in [0, 0.05) is 12.6 Å². The van der Waals surface area contributed by atoms with E-state index in [1.165, 1.54) is 6.42 Å². The molecule has 1 heterocycles. The molecule has 0 spiro atoms. The topological polar surface area (TPSA) is 43.7 Å². The van der Waals surface area contributed by atoms with Gasteiger partial charge >= 0.3 is 0 Å². The molecule has 1 saturated heterocycles. The maximum Gasteiger partial charge on any atom is 0.0670 e. The van der Waals surface area contributed by atoms with Gasteiger partial charge in [0.15, 0.2) is 0 Å². The summed E-state index contributed by atoms with van der Waals surface area (Å²) in [5, 5.41) is 19.2. The van der Waals surface area contributed by atoms with Crippen LogP contribution in [0.3, 0.4) is 0 Å². The van der Waals surface area contributed by atoms with Crippen LogP contribution in [-0.2, 0) is 0 Å². The molecule has 0 aliphatic carbocycles. The van der Waals surface area contributed by atoms with E-state index in [0.717, 1.165) is 38.8 Å². The lowest BCUT2D eigenvalue weighted by molar-refractivity contribution is 0.0795. The lowest BCUT2D eigenvalue weighted by Crippen LogP contribution is -2.37. The number of allylic oxidation sites excluding steroid dienone is 1. The Morgan fingerprint density at radius 1 is 1.50 bits per heavy atom. The Labute approximate surface area is 98.8 Å². The number of aliphatic hydroxyl groups is 2. The highest BCUT2D eigenvalue weighted by Crippen LogP contribution is 2.22. The van der Waals surface area contributed by atoms with Gasteiger partial charge in [-0.15, -0.1) is 6.58 Å². The van der Waals surface area contributed by atoms with Gasteiger partial charge in [-0.3, -0.25) is 4.90 Å². The molecule has 1 rings (SSSR count). The van der Waals surface area contributed by atoms with Crippen molar-refractivity contribution in [2.45, 2.75) is 57.3 Å². The number of aliphatic hydroxyl groups excluding tert-OH is 2. The first-order chi connectivity index (χ1) is 7.63. The Balaban J connectivity index is 2.31. The molecule has 1 aliphatic rings. The van der Waals surface area contributed by atoms with Crippen molar-refractivity contribution >= 4 is 0 Å². The molecule has 0 saturated carbocycles. The highest BCUT2D eigenvalue weighted by molar-refractivity contribution is 4.82. The van der Waals surface area contributed by atoms with E-state index >= 15 is 0 Å². The summed E-state index contributed by atoms with van der Waals surface area (Å²) >= 11 is 0. The van der Waals surface area contributed by atoms with Gasteiger partial charge in [0.25, 0.3) is 0 Å². The molecule has 1 aliphatic heterocycles. The van der Waals surface area contributed by atoms with E-state index in [-0.39, 0.29) is 12.2 Å². The number of rotatable bonds is 7. The number of hydrogen-bond donors (Lipinski definition) is 2. The predicted octanol–water partition coefficient (Wildman–Crippen LogP) is 1.55. The summed E-state index contributed by atoms with van der Waals surface area (Å²) in [4.78, 5) is 2.32. The molecule has 0 amide bonds. The summed E-state index contributed by atoms with van der Waals surface area (Å²) in [5.41, 5.74) is 0. The minimum Gasteiger partial charge on any atom is -0.393 e. The molecular formula is C13H25NO2. The van der Waals surface area contributed by atoms with E-state index in [4.69, 9.17) is 0 Å². The van der Waals surface area contributed by atoms with Gasteiger partial charge in [0.2, 0.25) is 0 Å². The lowest BCUT2D eigenvalue weighted by Gasteiger charge is -2.27. The van der Waals surface area contributed by atoms with Crippen LogP contribution in [0.2, 0.25) is 0 Å². The number of nitrogens with zero attached hydrogens (tertiary/aromatic N) is 1. The van der Waals surface area contributed by atoms with Gasteiger partial charge in [0.1, 0.15) is 0 Å². The number of hydrogen-bond acceptors (Lipinski definition) is 3. The quantitative estimate of drug-likeness (QED) is 0.649. The van der Waals surface area contributed by atoms with Gasteiger partial charge in [-0.1, -0.05) is 6.08 Å². The van der Waals surface area contributed by atoms with E-state index in [2.05, 4.69) is 11.5 Å². The van der Waals surface area contributed by atoms with Crippen molar-refractivity contribution in [3.05, 3.63) is 12.7 Å². The fourth-order valence-corrected chi connectivity index (χ4v) is 2.47. The smallest absolute Gasteiger partial charge is 0.0670 e. The first-order valence-corrected chi connectivity index (χ1v) is 6.34. The summed E-state index contributed by atoms with van der Waals surface area (Å²) in [6.45, 7) is 7.30. The van der Waals surface area contributed by atoms with Crippen LogP contribution in [0.4, 0.5) is 0 Å². The van der Waals surface area contributed by atoms with Crippen molar-refractivity contribution in [3.63, 3.8) is 0 Å². The number of β-amino-alcohol motifs (C(OH)–C–C–N with tert-alkyl or cyclic N) is 1. The molecule has 0 radical (unpaired) electrons. The molecule has 3 nitrogen and oxygen atoms in total. The fourth-order valence-electron chi connectivity index (χ4n) is 2.47. The Bertz CT molecular complexity index is 206. The maximum atomic E-state index is 9.84. The largest absolute Gasteiger partial charge is 0.393 e. The van der Waals surface area contributed by atoms with Gasteiger partial charge < -0.3 is 10.2 Å². The van der Waals surface area contributed by atoms with Crippen molar-refractivity contribution in [3.8, 4) is 0 Å². The molecule has 3 atom stereocenters. The zero-order valence-electron chi connectivity index (χ0n) is 10.3.